The molecule has 0 amide bonds. The first-order valence-corrected chi connectivity index (χ1v) is 6.70. The van der Waals surface area contributed by atoms with Gasteiger partial charge in [-0.1, -0.05) is 20.8 Å². The Morgan fingerprint density at radius 1 is 1.30 bits per heavy atom. The van der Waals surface area contributed by atoms with E-state index in [1.807, 2.05) is 13.0 Å². The van der Waals surface area contributed by atoms with Crippen molar-refractivity contribution in [2.75, 3.05) is 13.2 Å². The summed E-state index contributed by atoms with van der Waals surface area (Å²) in [5.41, 5.74) is 1.61. The molecule has 0 aliphatic carbocycles. The van der Waals surface area contributed by atoms with Gasteiger partial charge in [0.25, 0.3) is 0 Å². The van der Waals surface area contributed by atoms with Crippen LogP contribution in [0.1, 0.15) is 32.0 Å². The lowest BCUT2D eigenvalue weighted by atomic mass is 10.2. The zero-order valence-corrected chi connectivity index (χ0v) is 12.0. The summed E-state index contributed by atoms with van der Waals surface area (Å²) in [6.07, 6.45) is -3.69. The standard InChI is InChI=1S/C14H21F3N2O/c1-4-12-5-11(8-18-7-10(2)3)6-13(19-12)20-9-14(15,16)17/h5-6,10,18H,4,7-9H2,1-3H3. The number of ether oxygens (including phenoxy) is 1. The maximum atomic E-state index is 12.2. The van der Waals surface area contributed by atoms with Crippen molar-refractivity contribution < 1.29 is 17.9 Å². The monoisotopic (exact) mass is 290 g/mol. The van der Waals surface area contributed by atoms with Gasteiger partial charge in [0.05, 0.1) is 0 Å². The van der Waals surface area contributed by atoms with Crippen molar-refractivity contribution in [3.8, 4) is 5.88 Å². The van der Waals surface area contributed by atoms with E-state index in [1.54, 1.807) is 6.07 Å². The van der Waals surface area contributed by atoms with Gasteiger partial charge >= 0.3 is 6.18 Å². The Labute approximate surface area is 117 Å². The molecule has 0 spiro atoms. The molecule has 0 aliphatic rings. The predicted molar refractivity (Wildman–Crippen MR) is 71.7 cm³/mol. The van der Waals surface area contributed by atoms with Gasteiger partial charge in [-0.15, -0.1) is 0 Å². The zero-order valence-electron chi connectivity index (χ0n) is 12.0. The van der Waals surface area contributed by atoms with E-state index in [4.69, 9.17) is 4.74 Å². The van der Waals surface area contributed by atoms with E-state index in [2.05, 4.69) is 24.1 Å². The molecule has 0 aromatic carbocycles. The molecule has 6 heteroatoms. The third-order valence-corrected chi connectivity index (χ3v) is 2.54. The fourth-order valence-electron chi connectivity index (χ4n) is 1.64. The topological polar surface area (TPSA) is 34.1 Å². The van der Waals surface area contributed by atoms with Crippen LogP contribution in [0.2, 0.25) is 0 Å². The van der Waals surface area contributed by atoms with Gasteiger partial charge in [0.2, 0.25) is 5.88 Å². The summed E-state index contributed by atoms with van der Waals surface area (Å²) in [6.45, 7) is 6.22. The summed E-state index contributed by atoms with van der Waals surface area (Å²) in [4.78, 5) is 4.05. The normalized spacial score (nSPS) is 11.9. The molecule has 3 nitrogen and oxygen atoms in total. The van der Waals surface area contributed by atoms with Gasteiger partial charge in [0.15, 0.2) is 6.61 Å². The maximum absolute atomic E-state index is 12.2. The van der Waals surface area contributed by atoms with Crippen molar-refractivity contribution in [1.82, 2.24) is 10.3 Å². The van der Waals surface area contributed by atoms with E-state index in [0.29, 0.717) is 18.9 Å². The number of aryl methyl sites for hydroxylation is 1. The van der Waals surface area contributed by atoms with Crippen LogP contribution in [0, 0.1) is 5.92 Å². The summed E-state index contributed by atoms with van der Waals surface area (Å²) < 4.78 is 41.2. The van der Waals surface area contributed by atoms with Crippen molar-refractivity contribution in [3.63, 3.8) is 0 Å². The molecule has 0 aliphatic heterocycles. The van der Waals surface area contributed by atoms with Gasteiger partial charge < -0.3 is 10.1 Å². The number of hydrogen-bond donors (Lipinski definition) is 1. The first-order valence-electron chi connectivity index (χ1n) is 6.70. The number of nitrogens with one attached hydrogen (secondary N) is 1. The highest BCUT2D eigenvalue weighted by molar-refractivity contribution is 5.25. The first kappa shape index (κ1) is 16.8. The third-order valence-electron chi connectivity index (χ3n) is 2.54. The summed E-state index contributed by atoms with van der Waals surface area (Å²) in [5, 5.41) is 3.25. The summed E-state index contributed by atoms with van der Waals surface area (Å²) in [5.74, 6) is 0.548. The van der Waals surface area contributed by atoms with E-state index >= 15 is 0 Å². The fraction of sp³-hybridized carbons (Fsp3) is 0.643. The molecule has 0 saturated carbocycles. The van der Waals surface area contributed by atoms with Crippen LogP contribution in [0.4, 0.5) is 13.2 Å². The minimum absolute atomic E-state index is 0.0306. The van der Waals surface area contributed by atoms with Crippen molar-refractivity contribution >= 4 is 0 Å². The number of pyridine rings is 1. The molecular weight excluding hydrogens is 269 g/mol. The molecular formula is C14H21F3N2O. The van der Waals surface area contributed by atoms with Crippen LogP contribution in [0.15, 0.2) is 12.1 Å². The van der Waals surface area contributed by atoms with Gasteiger partial charge in [-0.2, -0.15) is 13.2 Å². The number of hydrogen-bond acceptors (Lipinski definition) is 3. The van der Waals surface area contributed by atoms with Crippen LogP contribution in [0.3, 0.4) is 0 Å². The van der Waals surface area contributed by atoms with Crippen LogP contribution in [0.5, 0.6) is 5.88 Å². The highest BCUT2D eigenvalue weighted by Gasteiger charge is 2.28. The van der Waals surface area contributed by atoms with E-state index in [1.165, 1.54) is 0 Å². The molecule has 114 valence electrons. The van der Waals surface area contributed by atoms with Crippen molar-refractivity contribution in [3.05, 3.63) is 23.4 Å². The largest absolute Gasteiger partial charge is 0.468 e. The van der Waals surface area contributed by atoms with E-state index in [-0.39, 0.29) is 5.88 Å². The Bertz CT molecular complexity index is 419. The van der Waals surface area contributed by atoms with E-state index < -0.39 is 12.8 Å². The second kappa shape index (κ2) is 7.47. The SMILES string of the molecule is CCc1cc(CNCC(C)C)cc(OCC(F)(F)F)n1. The van der Waals surface area contributed by atoms with Crippen LogP contribution in [0.25, 0.3) is 0 Å². The Kier molecular flexibility index (Phi) is 6.26. The lowest BCUT2D eigenvalue weighted by Crippen LogP contribution is -2.21. The van der Waals surface area contributed by atoms with Crippen molar-refractivity contribution in [2.45, 2.75) is 39.9 Å². The zero-order chi connectivity index (χ0) is 15.2. The van der Waals surface area contributed by atoms with E-state index in [9.17, 15) is 13.2 Å². The highest BCUT2D eigenvalue weighted by Crippen LogP contribution is 2.19. The summed E-state index contributed by atoms with van der Waals surface area (Å²) in [7, 11) is 0. The molecule has 1 rings (SSSR count). The molecule has 0 radical (unpaired) electrons. The smallest absolute Gasteiger partial charge is 0.422 e. The summed E-state index contributed by atoms with van der Waals surface area (Å²) in [6, 6.07) is 3.44. The molecule has 1 heterocycles. The average molecular weight is 290 g/mol. The van der Waals surface area contributed by atoms with Gasteiger partial charge in [-0.25, -0.2) is 4.98 Å². The molecule has 0 saturated heterocycles. The van der Waals surface area contributed by atoms with Crippen molar-refractivity contribution in [1.29, 1.82) is 0 Å². The first-order chi connectivity index (χ1) is 9.30. The molecule has 20 heavy (non-hydrogen) atoms. The predicted octanol–water partition coefficient (Wildman–Crippen LogP) is 3.33. The van der Waals surface area contributed by atoms with Gasteiger partial charge in [0, 0.05) is 18.3 Å². The number of halogens is 3. The average Bonchev–Trinajstić information content (AvgIpc) is 2.35. The maximum Gasteiger partial charge on any atom is 0.422 e. The Morgan fingerprint density at radius 2 is 2.00 bits per heavy atom. The minimum Gasteiger partial charge on any atom is -0.468 e. The van der Waals surface area contributed by atoms with Crippen LogP contribution in [-0.2, 0) is 13.0 Å². The number of alkyl halides is 3. The Hall–Kier alpha value is -1.30. The van der Waals surface area contributed by atoms with Crippen LogP contribution in [-0.4, -0.2) is 24.3 Å². The van der Waals surface area contributed by atoms with Gasteiger partial charge in [-0.05, 0) is 30.5 Å². The Morgan fingerprint density at radius 3 is 2.55 bits per heavy atom. The lowest BCUT2D eigenvalue weighted by Gasteiger charge is -2.12. The van der Waals surface area contributed by atoms with Crippen LogP contribution < -0.4 is 10.1 Å². The molecule has 1 N–H and O–H groups in total. The summed E-state index contributed by atoms with van der Waals surface area (Å²) >= 11 is 0. The van der Waals surface area contributed by atoms with Gasteiger partial charge in [-0.3, -0.25) is 0 Å². The van der Waals surface area contributed by atoms with E-state index in [0.717, 1.165) is 17.8 Å². The number of aromatic nitrogens is 1. The number of rotatable bonds is 7. The molecule has 1 aromatic rings. The molecule has 0 fully saturated rings. The number of nitrogens with zero attached hydrogens (tertiary/aromatic N) is 1. The second-order valence-electron chi connectivity index (χ2n) is 5.09. The van der Waals surface area contributed by atoms with Crippen LogP contribution >= 0.6 is 0 Å². The molecule has 1 aromatic heterocycles. The third kappa shape index (κ3) is 6.75. The minimum atomic E-state index is -4.35. The quantitative estimate of drug-likeness (QED) is 0.836. The molecule has 0 bridgehead atoms. The fourth-order valence-corrected chi connectivity index (χ4v) is 1.64. The van der Waals surface area contributed by atoms with Crippen molar-refractivity contribution in [2.24, 2.45) is 5.92 Å². The molecule has 0 unspecified atom stereocenters. The lowest BCUT2D eigenvalue weighted by molar-refractivity contribution is -0.154. The highest BCUT2D eigenvalue weighted by atomic mass is 19.4. The molecule has 0 atom stereocenters. The second-order valence-corrected chi connectivity index (χ2v) is 5.09. The Balaban J connectivity index is 2.69. The van der Waals surface area contributed by atoms with Gasteiger partial charge in [0.1, 0.15) is 0 Å².